The summed E-state index contributed by atoms with van der Waals surface area (Å²) in [6, 6.07) is 0. The monoisotopic (exact) mass is 238 g/mol. The first-order chi connectivity index (χ1) is 5.88. The molecule has 0 radical (unpaired) electrons. The minimum atomic E-state index is -4.10. The molecule has 1 aromatic heterocycles. The molecule has 8 heteroatoms. The molecule has 1 aromatic rings. The molecule has 0 bridgehead atoms. The average Bonchev–Trinajstić information content (AvgIpc) is 2.31. The van der Waals surface area contributed by atoms with Gasteiger partial charge in [-0.25, -0.2) is 4.98 Å². The van der Waals surface area contributed by atoms with Crippen molar-refractivity contribution in [1.29, 1.82) is 0 Å². The van der Waals surface area contributed by atoms with Crippen LogP contribution >= 0.6 is 31.2 Å². The minimum absolute atomic E-state index is 0.140. The van der Waals surface area contributed by atoms with Gasteiger partial charge in [0.1, 0.15) is 0 Å². The largest absolute Gasteiger partial charge is 0.375 e. The standard InChI is InChI=1S/C5H7N2O3PS2/c6-5-7-3(2-13-5)4(12)1-11(8,9)10/h2H,1H2,(H2,6,7)(H2,8,9,10). The first-order valence-corrected chi connectivity index (χ1v) is 6.26. The fourth-order valence-electron chi connectivity index (χ4n) is 0.684. The number of thiocarbonyl (C=S) groups is 1. The van der Waals surface area contributed by atoms with Gasteiger partial charge in [0.15, 0.2) is 5.13 Å². The number of rotatable bonds is 3. The van der Waals surface area contributed by atoms with Gasteiger partial charge in [-0.05, 0) is 0 Å². The summed E-state index contributed by atoms with van der Waals surface area (Å²) in [5.41, 5.74) is 5.71. The Morgan fingerprint density at radius 1 is 1.77 bits per heavy atom. The molecule has 0 fully saturated rings. The van der Waals surface area contributed by atoms with Crippen LogP contribution in [0.5, 0.6) is 0 Å². The summed E-state index contributed by atoms with van der Waals surface area (Å²) in [6.45, 7) is 0. The van der Waals surface area contributed by atoms with E-state index in [0.717, 1.165) is 0 Å². The van der Waals surface area contributed by atoms with Crippen LogP contribution in [0.15, 0.2) is 5.38 Å². The van der Waals surface area contributed by atoms with Gasteiger partial charge < -0.3 is 15.5 Å². The molecular formula is C5H7N2O3PS2. The molecule has 0 saturated carbocycles. The van der Waals surface area contributed by atoms with E-state index in [2.05, 4.69) is 4.98 Å². The zero-order valence-corrected chi connectivity index (χ0v) is 8.90. The summed E-state index contributed by atoms with van der Waals surface area (Å²) < 4.78 is 10.6. The predicted octanol–water partition coefficient (Wildman–Crippen LogP) is 0.621. The van der Waals surface area contributed by atoms with E-state index in [0.29, 0.717) is 10.8 Å². The van der Waals surface area contributed by atoms with Gasteiger partial charge in [-0.1, -0.05) is 12.2 Å². The van der Waals surface area contributed by atoms with Crippen LogP contribution < -0.4 is 5.73 Å². The van der Waals surface area contributed by atoms with Crippen LogP contribution in [0.2, 0.25) is 0 Å². The Hall–Kier alpha value is -0.330. The van der Waals surface area contributed by atoms with Gasteiger partial charge in [-0.3, -0.25) is 4.57 Å². The summed E-state index contributed by atoms with van der Waals surface area (Å²) in [7, 11) is -4.10. The molecule has 0 spiro atoms. The van der Waals surface area contributed by atoms with Crippen LogP contribution in [0.1, 0.15) is 5.69 Å². The third-order valence-corrected chi connectivity index (χ3v) is 3.13. The predicted molar refractivity (Wildman–Crippen MR) is 55.1 cm³/mol. The molecule has 0 aliphatic rings. The summed E-state index contributed by atoms with van der Waals surface area (Å²) >= 11 is 5.96. The molecule has 5 nitrogen and oxygen atoms in total. The van der Waals surface area contributed by atoms with E-state index < -0.39 is 13.8 Å². The van der Waals surface area contributed by atoms with Gasteiger partial charge in [0.05, 0.1) is 16.7 Å². The van der Waals surface area contributed by atoms with Crippen molar-refractivity contribution < 1.29 is 14.4 Å². The normalized spacial score (nSPS) is 11.5. The van der Waals surface area contributed by atoms with E-state index in [9.17, 15) is 4.57 Å². The van der Waals surface area contributed by atoms with E-state index in [1.807, 2.05) is 0 Å². The van der Waals surface area contributed by atoms with Gasteiger partial charge >= 0.3 is 7.60 Å². The maximum atomic E-state index is 10.6. The van der Waals surface area contributed by atoms with Crippen LogP contribution in [0.4, 0.5) is 5.13 Å². The van der Waals surface area contributed by atoms with Crippen LogP contribution in [-0.4, -0.2) is 25.8 Å². The molecule has 0 atom stereocenters. The van der Waals surface area contributed by atoms with Crippen molar-refractivity contribution in [2.75, 3.05) is 11.9 Å². The fourth-order valence-corrected chi connectivity index (χ4v) is 2.48. The SMILES string of the molecule is Nc1nc(C(=S)CP(=O)(O)O)cs1. The number of nitrogens with two attached hydrogens (primary N) is 1. The van der Waals surface area contributed by atoms with Crippen LogP contribution in [-0.2, 0) is 4.57 Å². The lowest BCUT2D eigenvalue weighted by molar-refractivity contribution is 0.378. The van der Waals surface area contributed by atoms with Crippen molar-refractivity contribution in [3.63, 3.8) is 0 Å². The highest BCUT2D eigenvalue weighted by Gasteiger charge is 2.18. The summed E-state index contributed by atoms with van der Waals surface area (Å²) in [5.74, 6) is 0. The molecule has 1 heterocycles. The third-order valence-electron chi connectivity index (χ3n) is 1.16. The quantitative estimate of drug-likeness (QED) is 0.406. The number of nitrogens with zero attached hydrogens (tertiary/aromatic N) is 1. The van der Waals surface area contributed by atoms with E-state index in [-0.39, 0.29) is 4.86 Å². The van der Waals surface area contributed by atoms with Crippen LogP contribution in [0.3, 0.4) is 0 Å². The Morgan fingerprint density at radius 2 is 2.38 bits per heavy atom. The lowest BCUT2D eigenvalue weighted by atomic mass is 10.4. The van der Waals surface area contributed by atoms with Crippen molar-refractivity contribution in [3.05, 3.63) is 11.1 Å². The number of thiazole rings is 1. The first kappa shape index (κ1) is 10.7. The lowest BCUT2D eigenvalue weighted by Gasteiger charge is -2.01. The summed E-state index contributed by atoms with van der Waals surface area (Å²) in [4.78, 5) is 21.2. The molecule has 1 rings (SSSR count). The molecule has 0 aliphatic heterocycles. The van der Waals surface area contributed by atoms with E-state index in [1.165, 1.54) is 11.3 Å². The number of hydrogen-bond donors (Lipinski definition) is 3. The maximum Gasteiger partial charge on any atom is 0.330 e. The Labute approximate surface area is 83.8 Å². The van der Waals surface area contributed by atoms with Gasteiger partial charge in [-0.15, -0.1) is 11.3 Å². The highest BCUT2D eigenvalue weighted by Crippen LogP contribution is 2.35. The third kappa shape index (κ3) is 3.50. The van der Waals surface area contributed by atoms with E-state index in [4.69, 9.17) is 27.7 Å². The van der Waals surface area contributed by atoms with Gasteiger partial charge in [0.2, 0.25) is 0 Å². The van der Waals surface area contributed by atoms with Crippen molar-refractivity contribution in [2.45, 2.75) is 0 Å². The molecule has 13 heavy (non-hydrogen) atoms. The van der Waals surface area contributed by atoms with E-state index in [1.54, 1.807) is 5.38 Å². The zero-order valence-electron chi connectivity index (χ0n) is 6.38. The Balaban J connectivity index is 2.75. The van der Waals surface area contributed by atoms with Crippen molar-refractivity contribution in [3.8, 4) is 0 Å². The van der Waals surface area contributed by atoms with E-state index >= 15 is 0 Å². The summed E-state index contributed by atoms with van der Waals surface area (Å²) in [5, 5.41) is 1.91. The highest BCUT2D eigenvalue weighted by atomic mass is 32.1. The van der Waals surface area contributed by atoms with Gasteiger partial charge in [0.25, 0.3) is 0 Å². The van der Waals surface area contributed by atoms with Gasteiger partial charge in [-0.2, -0.15) is 0 Å². The smallest absolute Gasteiger partial charge is 0.330 e. The second-order valence-electron chi connectivity index (χ2n) is 2.32. The molecule has 0 saturated heterocycles. The molecule has 0 aliphatic carbocycles. The Kier molecular flexibility index (Phi) is 3.15. The highest BCUT2D eigenvalue weighted by molar-refractivity contribution is 7.81. The Bertz CT molecular complexity index is 372. The first-order valence-electron chi connectivity index (χ1n) is 3.17. The number of anilines is 1. The molecule has 72 valence electrons. The molecule has 0 unspecified atom stereocenters. The minimum Gasteiger partial charge on any atom is -0.375 e. The fraction of sp³-hybridized carbons (Fsp3) is 0.200. The summed E-state index contributed by atoms with van der Waals surface area (Å²) in [6.07, 6.45) is -0.453. The zero-order chi connectivity index (χ0) is 10.1. The maximum absolute atomic E-state index is 10.6. The van der Waals surface area contributed by atoms with Crippen molar-refractivity contribution in [1.82, 2.24) is 4.98 Å². The number of hydrogen-bond acceptors (Lipinski definition) is 5. The van der Waals surface area contributed by atoms with Crippen molar-refractivity contribution >= 4 is 41.1 Å². The second-order valence-corrected chi connectivity index (χ2v) is 5.35. The molecular weight excluding hydrogens is 231 g/mol. The molecule has 0 amide bonds. The van der Waals surface area contributed by atoms with Crippen LogP contribution in [0.25, 0.3) is 0 Å². The topological polar surface area (TPSA) is 96.4 Å². The van der Waals surface area contributed by atoms with Gasteiger partial charge in [0, 0.05) is 5.38 Å². The number of nitrogen functional groups attached to an aromatic ring is 1. The number of aromatic nitrogens is 1. The average molecular weight is 238 g/mol. The van der Waals surface area contributed by atoms with Crippen LogP contribution in [0, 0.1) is 0 Å². The second kappa shape index (κ2) is 3.81. The molecule has 0 aromatic carbocycles. The van der Waals surface area contributed by atoms with Crippen molar-refractivity contribution in [2.24, 2.45) is 0 Å². The Morgan fingerprint density at radius 3 is 2.77 bits per heavy atom. The lowest BCUT2D eigenvalue weighted by Crippen LogP contribution is -2.04. The molecule has 4 N–H and O–H groups in total.